The zero-order valence-electron chi connectivity index (χ0n) is 15.2. The lowest BCUT2D eigenvalue weighted by Crippen LogP contribution is -2.34. The molecule has 1 amide bonds. The van der Waals surface area contributed by atoms with Crippen LogP contribution in [0.5, 0.6) is 0 Å². The molecule has 4 heteroatoms. The summed E-state index contributed by atoms with van der Waals surface area (Å²) in [6, 6.07) is 20.9. The Morgan fingerprint density at radius 3 is 1.88 bits per heavy atom. The van der Waals surface area contributed by atoms with Crippen LogP contribution in [0.1, 0.15) is 17.5 Å². The molecule has 0 aromatic heterocycles. The van der Waals surface area contributed by atoms with Gasteiger partial charge in [0.05, 0.1) is 0 Å². The number of likely N-dealkylation sites (N-methyl/N-ethyl adjacent to an activating group) is 2. The molecule has 3 nitrogen and oxygen atoms in total. The third-order valence-corrected chi connectivity index (χ3v) is 4.32. The molecule has 0 saturated heterocycles. The molecule has 0 unspecified atom stereocenters. The number of halogens is 1. The predicted octanol–water partition coefficient (Wildman–Crippen LogP) is 3.58. The molecule has 0 spiro atoms. The number of carbonyl (C=O) groups is 1. The van der Waals surface area contributed by atoms with Gasteiger partial charge in [0.25, 0.3) is 0 Å². The van der Waals surface area contributed by atoms with E-state index < -0.39 is 0 Å². The fraction of sp³-hybridized carbons (Fsp3) is 0.381. The van der Waals surface area contributed by atoms with Gasteiger partial charge < -0.3 is 10.2 Å². The minimum Gasteiger partial charge on any atom is -0.344 e. The first-order valence-electron chi connectivity index (χ1n) is 8.65. The molecule has 2 rings (SSSR count). The van der Waals surface area contributed by atoms with Crippen molar-refractivity contribution in [3.8, 4) is 0 Å². The molecule has 25 heavy (non-hydrogen) atoms. The maximum atomic E-state index is 12.5. The van der Waals surface area contributed by atoms with E-state index in [-0.39, 0.29) is 18.3 Å². The molecule has 2 aromatic carbocycles. The van der Waals surface area contributed by atoms with Crippen molar-refractivity contribution in [2.24, 2.45) is 5.92 Å². The summed E-state index contributed by atoms with van der Waals surface area (Å²) < 4.78 is 0. The van der Waals surface area contributed by atoms with Crippen LogP contribution < -0.4 is 5.32 Å². The lowest BCUT2D eigenvalue weighted by molar-refractivity contribution is -0.130. The molecule has 2 aromatic rings. The van der Waals surface area contributed by atoms with Crippen molar-refractivity contribution in [1.82, 2.24) is 10.2 Å². The molecule has 0 radical (unpaired) electrons. The second kappa shape index (κ2) is 11.7. The normalized spacial score (nSPS) is 10.4. The number of hydrogen-bond acceptors (Lipinski definition) is 2. The average Bonchev–Trinajstić information content (AvgIpc) is 2.61. The van der Waals surface area contributed by atoms with E-state index in [1.807, 2.05) is 31.1 Å². The molecule has 0 fully saturated rings. The highest BCUT2D eigenvalue weighted by molar-refractivity contribution is 5.85. The SMILES string of the molecule is CNCCN(C)C(=O)CC(Cc1ccccc1)Cc1ccccc1.Cl. The van der Waals surface area contributed by atoms with Gasteiger partial charge in [0.15, 0.2) is 0 Å². The van der Waals surface area contributed by atoms with Gasteiger partial charge >= 0.3 is 0 Å². The van der Waals surface area contributed by atoms with Gasteiger partial charge in [0, 0.05) is 26.6 Å². The minimum atomic E-state index is 0. The molecule has 0 saturated carbocycles. The summed E-state index contributed by atoms with van der Waals surface area (Å²) in [4.78, 5) is 14.4. The van der Waals surface area contributed by atoms with Crippen LogP contribution in [0.25, 0.3) is 0 Å². The molecule has 0 bridgehead atoms. The summed E-state index contributed by atoms with van der Waals surface area (Å²) in [7, 11) is 3.80. The van der Waals surface area contributed by atoms with Gasteiger partial charge in [-0.25, -0.2) is 0 Å². The maximum Gasteiger partial charge on any atom is 0.222 e. The van der Waals surface area contributed by atoms with E-state index in [0.717, 1.165) is 25.9 Å². The van der Waals surface area contributed by atoms with Crippen molar-refractivity contribution < 1.29 is 4.79 Å². The number of hydrogen-bond donors (Lipinski definition) is 1. The molecule has 0 aliphatic rings. The molecule has 0 aliphatic heterocycles. The Morgan fingerprint density at radius 1 is 0.960 bits per heavy atom. The lowest BCUT2D eigenvalue weighted by atomic mass is 9.89. The zero-order chi connectivity index (χ0) is 17.2. The van der Waals surface area contributed by atoms with Gasteiger partial charge in [0.2, 0.25) is 5.91 Å². The molecular weight excluding hydrogens is 332 g/mol. The highest BCUT2D eigenvalue weighted by Gasteiger charge is 2.18. The fourth-order valence-corrected chi connectivity index (χ4v) is 2.92. The fourth-order valence-electron chi connectivity index (χ4n) is 2.92. The quantitative estimate of drug-likeness (QED) is 0.741. The monoisotopic (exact) mass is 360 g/mol. The first kappa shape index (κ1) is 21.2. The van der Waals surface area contributed by atoms with Crippen LogP contribution in [-0.4, -0.2) is 38.0 Å². The number of nitrogens with zero attached hydrogens (tertiary/aromatic N) is 1. The number of nitrogens with one attached hydrogen (secondary N) is 1. The first-order chi connectivity index (χ1) is 11.7. The van der Waals surface area contributed by atoms with Crippen molar-refractivity contribution in [2.75, 3.05) is 27.2 Å². The van der Waals surface area contributed by atoms with Crippen LogP contribution in [0.15, 0.2) is 60.7 Å². The number of carbonyl (C=O) groups excluding carboxylic acids is 1. The van der Waals surface area contributed by atoms with Crippen LogP contribution in [-0.2, 0) is 17.6 Å². The summed E-state index contributed by atoms with van der Waals surface area (Å²) in [6.45, 7) is 1.57. The molecule has 136 valence electrons. The third kappa shape index (κ3) is 7.72. The Labute approximate surface area is 157 Å². The van der Waals surface area contributed by atoms with Crippen LogP contribution in [0.3, 0.4) is 0 Å². The van der Waals surface area contributed by atoms with Crippen molar-refractivity contribution in [1.29, 1.82) is 0 Å². The molecule has 0 aliphatic carbocycles. The summed E-state index contributed by atoms with van der Waals surface area (Å²) in [5.74, 6) is 0.543. The number of benzene rings is 2. The standard InChI is InChI=1S/C21H28N2O.ClH/c1-22-13-14-23(2)21(24)17-20(15-18-9-5-3-6-10-18)16-19-11-7-4-8-12-19;/h3-12,20,22H,13-17H2,1-2H3;1H. The van der Waals surface area contributed by atoms with Gasteiger partial charge in [-0.05, 0) is 36.9 Å². The summed E-state index contributed by atoms with van der Waals surface area (Å²) in [5.41, 5.74) is 2.59. The average molecular weight is 361 g/mol. The molecule has 0 atom stereocenters. The third-order valence-electron chi connectivity index (χ3n) is 4.32. The van der Waals surface area contributed by atoms with Crippen molar-refractivity contribution in [2.45, 2.75) is 19.3 Å². The van der Waals surface area contributed by atoms with E-state index >= 15 is 0 Å². The largest absolute Gasteiger partial charge is 0.344 e. The maximum absolute atomic E-state index is 12.5. The predicted molar refractivity (Wildman–Crippen MR) is 107 cm³/mol. The molecule has 0 heterocycles. The second-order valence-corrected chi connectivity index (χ2v) is 6.37. The van der Waals surface area contributed by atoms with E-state index in [1.165, 1.54) is 11.1 Å². The Kier molecular flexibility index (Phi) is 9.90. The van der Waals surface area contributed by atoms with E-state index in [1.54, 1.807) is 0 Å². The van der Waals surface area contributed by atoms with E-state index in [9.17, 15) is 4.79 Å². The van der Waals surface area contributed by atoms with Crippen LogP contribution >= 0.6 is 12.4 Å². The zero-order valence-corrected chi connectivity index (χ0v) is 16.0. The van der Waals surface area contributed by atoms with Crippen LogP contribution in [0.2, 0.25) is 0 Å². The van der Waals surface area contributed by atoms with Gasteiger partial charge in [-0.3, -0.25) is 4.79 Å². The van der Waals surface area contributed by atoms with Gasteiger partial charge in [-0.1, -0.05) is 60.7 Å². The smallest absolute Gasteiger partial charge is 0.222 e. The molecular formula is C21H29ClN2O. The highest BCUT2D eigenvalue weighted by Crippen LogP contribution is 2.19. The van der Waals surface area contributed by atoms with Gasteiger partial charge in [0.1, 0.15) is 0 Å². The number of amides is 1. The first-order valence-corrected chi connectivity index (χ1v) is 8.65. The van der Waals surface area contributed by atoms with E-state index in [0.29, 0.717) is 12.3 Å². The van der Waals surface area contributed by atoms with Crippen molar-refractivity contribution in [3.63, 3.8) is 0 Å². The lowest BCUT2D eigenvalue weighted by Gasteiger charge is -2.22. The Bertz CT molecular complexity index is 562. The summed E-state index contributed by atoms with van der Waals surface area (Å²) >= 11 is 0. The van der Waals surface area contributed by atoms with Crippen LogP contribution in [0.4, 0.5) is 0 Å². The van der Waals surface area contributed by atoms with Crippen LogP contribution in [0, 0.1) is 5.92 Å². The topological polar surface area (TPSA) is 32.3 Å². The number of rotatable bonds is 9. The van der Waals surface area contributed by atoms with E-state index in [2.05, 4.69) is 53.8 Å². The van der Waals surface area contributed by atoms with Crippen molar-refractivity contribution >= 4 is 18.3 Å². The Morgan fingerprint density at radius 2 is 1.44 bits per heavy atom. The Hall–Kier alpha value is -1.84. The van der Waals surface area contributed by atoms with Gasteiger partial charge in [-0.2, -0.15) is 0 Å². The second-order valence-electron chi connectivity index (χ2n) is 6.37. The summed E-state index contributed by atoms with van der Waals surface area (Å²) in [6.07, 6.45) is 2.45. The highest BCUT2D eigenvalue weighted by atomic mass is 35.5. The Balaban J connectivity index is 0.00000312. The van der Waals surface area contributed by atoms with Crippen molar-refractivity contribution in [3.05, 3.63) is 71.8 Å². The minimum absolute atomic E-state index is 0. The van der Waals surface area contributed by atoms with Gasteiger partial charge in [-0.15, -0.1) is 12.4 Å². The summed E-state index contributed by atoms with van der Waals surface area (Å²) in [5, 5.41) is 3.09. The molecule has 1 N–H and O–H groups in total. The van der Waals surface area contributed by atoms with E-state index in [4.69, 9.17) is 0 Å².